The van der Waals surface area contributed by atoms with Crippen molar-refractivity contribution in [2.45, 2.75) is 82.8 Å². The summed E-state index contributed by atoms with van der Waals surface area (Å²) < 4.78 is 32.3. The Morgan fingerprint density at radius 2 is 2.07 bits per heavy atom. The van der Waals surface area contributed by atoms with Gasteiger partial charge in [0.05, 0.1) is 19.3 Å². The third-order valence-electron chi connectivity index (χ3n) is 4.62. The first kappa shape index (κ1) is 24.1. The Labute approximate surface area is 166 Å². The van der Waals surface area contributed by atoms with Crippen LogP contribution in [0, 0.1) is 11.8 Å². The molecule has 1 saturated heterocycles. The van der Waals surface area contributed by atoms with Gasteiger partial charge in [0, 0.05) is 32.2 Å². The Hall–Kier alpha value is -1.94. The largest absolute Gasteiger partial charge is 0.469 e. The number of methoxy groups -OCH3 is 1. The van der Waals surface area contributed by atoms with Gasteiger partial charge in [0.1, 0.15) is 0 Å². The molecule has 0 aromatic rings. The monoisotopic (exact) mass is 399 g/mol. The molecule has 1 fully saturated rings. The van der Waals surface area contributed by atoms with Crippen molar-refractivity contribution in [3.05, 3.63) is 12.2 Å². The maximum atomic E-state index is 13.9. The van der Waals surface area contributed by atoms with Crippen molar-refractivity contribution in [1.82, 2.24) is 4.90 Å². The van der Waals surface area contributed by atoms with Crippen LogP contribution in [0.15, 0.2) is 12.2 Å². The van der Waals surface area contributed by atoms with Gasteiger partial charge in [-0.25, -0.2) is 0 Å². The molecule has 7 heteroatoms. The molecule has 2 atom stereocenters. The molecule has 0 aliphatic carbocycles. The van der Waals surface area contributed by atoms with E-state index in [-0.39, 0.29) is 12.5 Å². The third kappa shape index (κ3) is 8.39. The Kier molecular flexibility index (Phi) is 10.8. The van der Waals surface area contributed by atoms with E-state index >= 15 is 0 Å². The zero-order valence-corrected chi connectivity index (χ0v) is 16.8. The van der Waals surface area contributed by atoms with Gasteiger partial charge < -0.3 is 14.7 Å². The quantitative estimate of drug-likeness (QED) is 0.250. The number of amides is 1. The summed E-state index contributed by atoms with van der Waals surface area (Å²) in [7, 11) is 1.34. The van der Waals surface area contributed by atoms with Crippen molar-refractivity contribution in [1.29, 1.82) is 0 Å². The molecule has 1 rings (SSSR count). The molecule has 1 aliphatic rings. The highest BCUT2D eigenvalue weighted by atomic mass is 19.3. The second kappa shape index (κ2) is 12.5. The molecule has 0 aromatic heterocycles. The molecule has 0 spiro atoms. The highest BCUT2D eigenvalue weighted by molar-refractivity contribution is 5.86. The second-order valence-corrected chi connectivity index (χ2v) is 6.91. The van der Waals surface area contributed by atoms with Crippen LogP contribution in [0.1, 0.15) is 64.7 Å². The van der Waals surface area contributed by atoms with Crippen LogP contribution in [0.2, 0.25) is 0 Å². The summed E-state index contributed by atoms with van der Waals surface area (Å²) in [5.41, 5.74) is 0. The van der Waals surface area contributed by atoms with Crippen molar-refractivity contribution >= 4 is 11.9 Å². The average molecular weight is 399 g/mol. The number of alkyl halides is 2. The number of esters is 1. The summed E-state index contributed by atoms with van der Waals surface area (Å²) in [5, 5.41) is 9.95. The summed E-state index contributed by atoms with van der Waals surface area (Å²) in [6.07, 6.45) is 6.48. The summed E-state index contributed by atoms with van der Waals surface area (Å²) in [6.45, 7) is 2.17. The minimum atomic E-state index is -3.36. The normalized spacial score (nSPS) is 19.5. The number of ether oxygens (including phenoxy) is 1. The standard InChI is InChI=1S/C21H31F2NO4/c1-3-4-5-8-11-18(25)14-13-17-16-21(22,23)20(27)24(17)15-10-7-6-9-12-19(26)28-2/h13-14,17-18,25H,3,6-12,15-16H2,1-2H3/t17-,18-/m0/s1. The van der Waals surface area contributed by atoms with Crippen LogP contribution in [0.3, 0.4) is 0 Å². The van der Waals surface area contributed by atoms with E-state index in [0.29, 0.717) is 32.1 Å². The number of nitrogens with zero attached hydrogens (tertiary/aromatic N) is 1. The second-order valence-electron chi connectivity index (χ2n) is 6.91. The molecule has 0 radical (unpaired) electrons. The van der Waals surface area contributed by atoms with Gasteiger partial charge in [0.2, 0.25) is 0 Å². The number of carbonyl (C=O) groups excluding carboxylic acids is 2. The van der Waals surface area contributed by atoms with Crippen LogP contribution in [0.25, 0.3) is 0 Å². The van der Waals surface area contributed by atoms with Crippen molar-refractivity contribution in [2.75, 3.05) is 13.7 Å². The van der Waals surface area contributed by atoms with Crippen LogP contribution in [0.5, 0.6) is 0 Å². The first-order valence-electron chi connectivity index (χ1n) is 9.89. The van der Waals surface area contributed by atoms with E-state index in [4.69, 9.17) is 0 Å². The van der Waals surface area contributed by atoms with Crippen molar-refractivity contribution in [2.24, 2.45) is 0 Å². The Balaban J connectivity index is 2.48. The van der Waals surface area contributed by atoms with Gasteiger partial charge in [0.25, 0.3) is 5.91 Å². The maximum Gasteiger partial charge on any atom is 0.327 e. The van der Waals surface area contributed by atoms with Gasteiger partial charge >= 0.3 is 11.9 Å². The first-order valence-corrected chi connectivity index (χ1v) is 9.89. The molecular weight excluding hydrogens is 368 g/mol. The molecule has 0 bridgehead atoms. The fourth-order valence-corrected chi connectivity index (χ4v) is 3.05. The van der Waals surface area contributed by atoms with Crippen LogP contribution in [0.4, 0.5) is 8.78 Å². The molecule has 0 unspecified atom stereocenters. The number of aliphatic hydroxyl groups is 1. The zero-order valence-electron chi connectivity index (χ0n) is 16.8. The van der Waals surface area contributed by atoms with E-state index in [1.54, 1.807) is 0 Å². The minimum absolute atomic E-state index is 0.236. The van der Waals surface area contributed by atoms with Crippen molar-refractivity contribution in [3.8, 4) is 11.8 Å². The predicted molar refractivity (Wildman–Crippen MR) is 103 cm³/mol. The number of likely N-dealkylation sites (tertiary alicyclic amines) is 1. The first-order chi connectivity index (χ1) is 13.3. The van der Waals surface area contributed by atoms with Gasteiger partial charge in [-0.15, -0.1) is 11.8 Å². The predicted octanol–water partition coefficient (Wildman–Crippen LogP) is 3.46. The molecule has 1 aliphatic heterocycles. The fourth-order valence-electron chi connectivity index (χ4n) is 3.05. The van der Waals surface area contributed by atoms with Gasteiger partial charge in [-0.1, -0.05) is 31.9 Å². The minimum Gasteiger partial charge on any atom is -0.469 e. The summed E-state index contributed by atoms with van der Waals surface area (Å²) in [5.74, 6) is 1.05. The fraction of sp³-hybridized carbons (Fsp3) is 0.714. The zero-order chi connectivity index (χ0) is 21.0. The number of aliphatic hydroxyl groups excluding tert-OH is 1. The Morgan fingerprint density at radius 1 is 1.36 bits per heavy atom. The van der Waals surface area contributed by atoms with Crippen LogP contribution < -0.4 is 0 Å². The lowest BCUT2D eigenvalue weighted by atomic mass is 10.1. The van der Waals surface area contributed by atoms with E-state index in [2.05, 4.69) is 16.6 Å². The summed E-state index contributed by atoms with van der Waals surface area (Å²) in [6, 6.07) is -0.714. The maximum absolute atomic E-state index is 13.9. The third-order valence-corrected chi connectivity index (χ3v) is 4.62. The van der Waals surface area contributed by atoms with Gasteiger partial charge in [-0.05, 0) is 19.3 Å². The molecule has 1 N–H and O–H groups in total. The Morgan fingerprint density at radius 3 is 2.75 bits per heavy atom. The average Bonchev–Trinajstić information content (AvgIpc) is 2.88. The number of carbonyl (C=O) groups is 2. The van der Waals surface area contributed by atoms with E-state index in [9.17, 15) is 23.5 Å². The van der Waals surface area contributed by atoms with Gasteiger partial charge in [0.15, 0.2) is 0 Å². The highest BCUT2D eigenvalue weighted by Gasteiger charge is 2.52. The molecular formula is C21H31F2NO4. The van der Waals surface area contributed by atoms with Crippen LogP contribution in [-0.4, -0.2) is 53.6 Å². The number of halogens is 2. The molecule has 28 heavy (non-hydrogen) atoms. The number of hydrogen-bond acceptors (Lipinski definition) is 4. The molecule has 0 aromatic carbocycles. The SMILES string of the molecule is CCC#CCC[C@H](O)C=C[C@H]1CC(F)(F)C(=O)N1CCCCCCC(=O)OC. The van der Waals surface area contributed by atoms with E-state index in [0.717, 1.165) is 19.3 Å². The Bertz CT molecular complexity index is 595. The highest BCUT2D eigenvalue weighted by Crippen LogP contribution is 2.34. The molecule has 0 saturated carbocycles. The van der Waals surface area contributed by atoms with Gasteiger partial charge in [-0.2, -0.15) is 8.78 Å². The number of hydrogen-bond donors (Lipinski definition) is 1. The molecule has 1 amide bonds. The number of unbranched alkanes of at least 4 members (excludes halogenated alkanes) is 3. The van der Waals surface area contributed by atoms with Crippen LogP contribution in [-0.2, 0) is 14.3 Å². The van der Waals surface area contributed by atoms with E-state index in [1.165, 1.54) is 24.2 Å². The lowest BCUT2D eigenvalue weighted by molar-refractivity contribution is -0.148. The van der Waals surface area contributed by atoms with Crippen molar-refractivity contribution < 1.29 is 28.2 Å². The van der Waals surface area contributed by atoms with E-state index < -0.39 is 30.4 Å². The smallest absolute Gasteiger partial charge is 0.327 e. The molecule has 158 valence electrons. The molecule has 1 heterocycles. The lowest BCUT2D eigenvalue weighted by Gasteiger charge is -2.22. The number of rotatable bonds is 11. The topological polar surface area (TPSA) is 66.8 Å². The summed E-state index contributed by atoms with van der Waals surface area (Å²) in [4.78, 5) is 24.2. The van der Waals surface area contributed by atoms with Gasteiger partial charge in [-0.3, -0.25) is 9.59 Å². The summed E-state index contributed by atoms with van der Waals surface area (Å²) >= 11 is 0. The van der Waals surface area contributed by atoms with E-state index in [1.807, 2.05) is 6.92 Å². The van der Waals surface area contributed by atoms with Crippen LogP contribution >= 0.6 is 0 Å². The van der Waals surface area contributed by atoms with Crippen molar-refractivity contribution in [3.63, 3.8) is 0 Å². The molecule has 5 nitrogen and oxygen atoms in total. The lowest BCUT2D eigenvalue weighted by Crippen LogP contribution is -2.36.